The van der Waals surface area contributed by atoms with E-state index in [1.807, 2.05) is 97.9 Å². The van der Waals surface area contributed by atoms with Crippen molar-refractivity contribution < 1.29 is 27.7 Å². The van der Waals surface area contributed by atoms with E-state index in [1.54, 1.807) is 30.3 Å². The van der Waals surface area contributed by atoms with E-state index in [0.717, 1.165) is 22.3 Å². The van der Waals surface area contributed by atoms with E-state index in [2.05, 4.69) is 6.58 Å². The van der Waals surface area contributed by atoms with Crippen molar-refractivity contribution in [3.8, 4) is 0 Å². The molecular formula is C37H41NO6S. The molecule has 1 aliphatic heterocycles. The highest BCUT2D eigenvalue weighted by molar-refractivity contribution is 7.89. The van der Waals surface area contributed by atoms with Gasteiger partial charge in [0.2, 0.25) is 10.0 Å². The molecule has 4 aromatic rings. The Kier molecular flexibility index (Phi) is 11.3. The lowest BCUT2D eigenvalue weighted by Crippen LogP contribution is -2.47. The van der Waals surface area contributed by atoms with Crippen LogP contribution >= 0.6 is 0 Å². The fourth-order valence-electron chi connectivity index (χ4n) is 5.54. The number of sulfonamides is 1. The molecule has 0 amide bonds. The van der Waals surface area contributed by atoms with Crippen LogP contribution in [0.1, 0.15) is 28.7 Å². The third-order valence-electron chi connectivity index (χ3n) is 7.94. The van der Waals surface area contributed by atoms with Crippen LogP contribution in [0, 0.1) is 6.92 Å². The maximum atomic E-state index is 14.0. The van der Waals surface area contributed by atoms with Crippen LogP contribution in [0.3, 0.4) is 0 Å². The van der Waals surface area contributed by atoms with Gasteiger partial charge < -0.3 is 19.3 Å². The first-order valence-electron chi connectivity index (χ1n) is 15.2. The lowest BCUT2D eigenvalue weighted by Gasteiger charge is -2.31. The third kappa shape index (κ3) is 8.55. The fourth-order valence-corrected chi connectivity index (χ4v) is 7.35. The van der Waals surface area contributed by atoms with Crippen molar-refractivity contribution in [1.82, 2.24) is 4.31 Å². The van der Waals surface area contributed by atoms with Gasteiger partial charge in [0.1, 0.15) is 18.3 Å². The minimum atomic E-state index is -3.87. The summed E-state index contributed by atoms with van der Waals surface area (Å²) >= 11 is 0. The molecule has 1 heterocycles. The van der Waals surface area contributed by atoms with Crippen LogP contribution in [0.4, 0.5) is 0 Å². The standard InChI is InChI=1S/C37H41NO6S/c1-3-13-33-35(38(33)45(40,41)32-22-20-28(2)21-23-32)37(44-26-31-18-11-6-12-19-31)36(43-25-30-16-9-5-10-17-30)34(39)27-42-24-29-14-7-4-8-15-29/h3-12,14-23,33-37,39H,1,13,24-27H2,2H3/t33-,34+,35-,36+,37+,38?/m0/s1. The number of hydrogen-bond donors (Lipinski definition) is 1. The second kappa shape index (κ2) is 15.6. The van der Waals surface area contributed by atoms with Gasteiger partial charge >= 0.3 is 0 Å². The average molecular weight is 628 g/mol. The van der Waals surface area contributed by atoms with Gasteiger partial charge in [0.15, 0.2) is 0 Å². The lowest BCUT2D eigenvalue weighted by atomic mass is 10.0. The van der Waals surface area contributed by atoms with Crippen LogP contribution in [0.2, 0.25) is 0 Å². The van der Waals surface area contributed by atoms with Crippen LogP contribution in [0.5, 0.6) is 0 Å². The van der Waals surface area contributed by atoms with Gasteiger partial charge in [0.25, 0.3) is 0 Å². The van der Waals surface area contributed by atoms with E-state index in [-0.39, 0.29) is 24.7 Å². The van der Waals surface area contributed by atoms with Gasteiger partial charge in [0.05, 0.1) is 37.4 Å². The first-order chi connectivity index (χ1) is 21.9. The molecule has 1 N–H and O–H groups in total. The number of benzene rings is 4. The first kappa shape index (κ1) is 32.8. The average Bonchev–Trinajstić information content (AvgIpc) is 3.78. The van der Waals surface area contributed by atoms with Gasteiger partial charge in [-0.3, -0.25) is 0 Å². The van der Waals surface area contributed by atoms with E-state index in [9.17, 15) is 13.5 Å². The predicted molar refractivity (Wildman–Crippen MR) is 175 cm³/mol. The first-order valence-corrected chi connectivity index (χ1v) is 16.6. The molecule has 5 rings (SSSR count). The largest absolute Gasteiger partial charge is 0.388 e. The minimum absolute atomic E-state index is 0.0247. The Morgan fingerprint density at radius 1 is 0.778 bits per heavy atom. The summed E-state index contributed by atoms with van der Waals surface area (Å²) in [4.78, 5) is 0.208. The highest BCUT2D eigenvalue weighted by Crippen LogP contribution is 2.43. The molecule has 7 nitrogen and oxygen atoms in total. The molecule has 0 radical (unpaired) electrons. The molecule has 45 heavy (non-hydrogen) atoms. The second-order valence-electron chi connectivity index (χ2n) is 11.3. The zero-order chi connectivity index (χ0) is 31.6. The zero-order valence-electron chi connectivity index (χ0n) is 25.5. The highest BCUT2D eigenvalue weighted by atomic mass is 32.2. The maximum Gasteiger partial charge on any atom is 0.243 e. The summed E-state index contributed by atoms with van der Waals surface area (Å²) in [6.07, 6.45) is -0.676. The van der Waals surface area contributed by atoms with E-state index >= 15 is 0 Å². The van der Waals surface area contributed by atoms with E-state index in [1.165, 1.54) is 4.31 Å². The molecule has 1 fully saturated rings. The van der Waals surface area contributed by atoms with Crippen molar-refractivity contribution in [2.75, 3.05) is 6.61 Å². The van der Waals surface area contributed by atoms with Crippen molar-refractivity contribution in [2.24, 2.45) is 0 Å². The van der Waals surface area contributed by atoms with E-state index in [0.29, 0.717) is 13.0 Å². The van der Waals surface area contributed by atoms with Gasteiger partial charge in [-0.05, 0) is 42.2 Å². The Labute approximate surface area is 266 Å². The number of nitrogens with zero attached hydrogens (tertiary/aromatic N) is 1. The molecule has 0 saturated carbocycles. The summed E-state index contributed by atoms with van der Waals surface area (Å²) in [6.45, 7) is 6.52. The molecule has 236 valence electrons. The summed E-state index contributed by atoms with van der Waals surface area (Å²) in [7, 11) is -3.87. The molecule has 1 unspecified atom stereocenters. The normalized spacial score (nSPS) is 19.8. The van der Waals surface area contributed by atoms with E-state index in [4.69, 9.17) is 14.2 Å². The quantitative estimate of drug-likeness (QED) is 0.113. The SMILES string of the molecule is C=CC[C@H]1[C@@H]([C@@H](OCc2ccccc2)[C@H](OCc2ccccc2)[C@H](O)COCc2ccccc2)N1S(=O)(=O)c1ccc(C)cc1. The third-order valence-corrected chi connectivity index (χ3v) is 9.88. The minimum Gasteiger partial charge on any atom is -0.388 e. The van der Waals surface area contributed by atoms with Gasteiger partial charge in [-0.25, -0.2) is 8.42 Å². The number of rotatable bonds is 17. The molecule has 0 aliphatic carbocycles. The van der Waals surface area contributed by atoms with Crippen molar-refractivity contribution in [3.63, 3.8) is 0 Å². The van der Waals surface area contributed by atoms with Crippen molar-refractivity contribution >= 4 is 10.0 Å². The second-order valence-corrected chi connectivity index (χ2v) is 13.2. The van der Waals surface area contributed by atoms with Gasteiger partial charge in [-0.1, -0.05) is 115 Å². The summed E-state index contributed by atoms with van der Waals surface area (Å²) in [5.74, 6) is 0. The number of aryl methyl sites for hydroxylation is 1. The summed E-state index contributed by atoms with van der Waals surface area (Å²) in [5, 5.41) is 11.6. The topological polar surface area (TPSA) is 85.1 Å². The molecule has 6 atom stereocenters. The Hall–Kier alpha value is -3.63. The molecular weight excluding hydrogens is 586 g/mol. The van der Waals surface area contributed by atoms with Crippen LogP contribution in [-0.2, 0) is 44.1 Å². The number of aliphatic hydroxyl groups is 1. The molecule has 1 saturated heterocycles. The van der Waals surface area contributed by atoms with Gasteiger partial charge in [-0.2, -0.15) is 4.31 Å². The summed E-state index contributed by atoms with van der Waals surface area (Å²) in [5.41, 5.74) is 3.79. The zero-order valence-corrected chi connectivity index (χ0v) is 26.3. The molecule has 0 spiro atoms. The Balaban J connectivity index is 1.45. The number of ether oxygens (including phenoxy) is 3. The van der Waals surface area contributed by atoms with Crippen LogP contribution in [-0.4, -0.2) is 54.8 Å². The van der Waals surface area contributed by atoms with Crippen molar-refractivity contribution in [3.05, 3.63) is 150 Å². The Morgan fingerprint density at radius 2 is 1.29 bits per heavy atom. The monoisotopic (exact) mass is 627 g/mol. The highest BCUT2D eigenvalue weighted by Gasteiger charge is 2.61. The van der Waals surface area contributed by atoms with Crippen LogP contribution in [0.25, 0.3) is 0 Å². The predicted octanol–water partition coefficient (Wildman–Crippen LogP) is 6.06. The van der Waals surface area contributed by atoms with Crippen molar-refractivity contribution in [1.29, 1.82) is 0 Å². The van der Waals surface area contributed by atoms with Gasteiger partial charge in [0, 0.05) is 6.04 Å². The van der Waals surface area contributed by atoms with Gasteiger partial charge in [-0.15, -0.1) is 6.58 Å². The molecule has 0 aromatic heterocycles. The molecule has 1 aliphatic rings. The van der Waals surface area contributed by atoms with Crippen LogP contribution < -0.4 is 0 Å². The summed E-state index contributed by atoms with van der Waals surface area (Å²) in [6, 6.07) is 34.9. The van der Waals surface area contributed by atoms with Crippen molar-refractivity contribution in [2.45, 2.75) is 68.5 Å². The summed E-state index contributed by atoms with van der Waals surface area (Å²) < 4.78 is 48.4. The smallest absolute Gasteiger partial charge is 0.243 e. The Bertz CT molecular complexity index is 1580. The lowest BCUT2D eigenvalue weighted by molar-refractivity contribution is -0.149. The Morgan fingerprint density at radius 3 is 1.82 bits per heavy atom. The molecule has 4 aromatic carbocycles. The molecule has 8 heteroatoms. The number of aliphatic hydroxyl groups excluding tert-OH is 1. The molecule has 0 bridgehead atoms. The van der Waals surface area contributed by atoms with E-state index < -0.39 is 40.4 Å². The fraction of sp³-hybridized carbons (Fsp3) is 0.297. The number of hydrogen-bond acceptors (Lipinski definition) is 6. The maximum absolute atomic E-state index is 14.0. The van der Waals surface area contributed by atoms with Crippen LogP contribution in [0.15, 0.2) is 133 Å².